The van der Waals surface area contributed by atoms with Gasteiger partial charge in [0, 0.05) is 29.5 Å². The van der Waals surface area contributed by atoms with E-state index in [9.17, 15) is 4.79 Å². The van der Waals surface area contributed by atoms with Gasteiger partial charge in [0.15, 0.2) is 0 Å². The van der Waals surface area contributed by atoms with Crippen LogP contribution in [0.15, 0.2) is 22.9 Å². The highest BCUT2D eigenvalue weighted by molar-refractivity contribution is 9.10. The van der Waals surface area contributed by atoms with Gasteiger partial charge in [0.25, 0.3) is 5.91 Å². The summed E-state index contributed by atoms with van der Waals surface area (Å²) in [4.78, 5) is 18.4. The first kappa shape index (κ1) is 13.5. The van der Waals surface area contributed by atoms with E-state index in [1.165, 1.54) is 0 Å². The first-order valence-corrected chi connectivity index (χ1v) is 7.12. The molecule has 0 bridgehead atoms. The summed E-state index contributed by atoms with van der Waals surface area (Å²) in [5.74, 6) is -0.0354. The Labute approximate surface area is 116 Å². The summed E-state index contributed by atoms with van der Waals surface area (Å²) in [5.41, 5.74) is 0.609. The molecule has 1 unspecified atom stereocenters. The summed E-state index contributed by atoms with van der Waals surface area (Å²) in [6.07, 6.45) is 5.48. The SMILES string of the molecule is CCN1CCCC(NC(=O)c2cncc(Br)c2)C1. The lowest BCUT2D eigenvalue weighted by atomic mass is 10.1. The molecule has 2 rings (SSSR count). The van der Waals surface area contributed by atoms with Crippen LogP contribution in [0, 0.1) is 0 Å². The van der Waals surface area contributed by atoms with Gasteiger partial charge >= 0.3 is 0 Å². The van der Waals surface area contributed by atoms with Gasteiger partial charge < -0.3 is 10.2 Å². The fraction of sp³-hybridized carbons (Fsp3) is 0.538. The lowest BCUT2D eigenvalue weighted by Gasteiger charge is -2.32. The van der Waals surface area contributed by atoms with Crippen molar-refractivity contribution >= 4 is 21.8 Å². The summed E-state index contributed by atoms with van der Waals surface area (Å²) in [6.45, 7) is 5.29. The highest BCUT2D eigenvalue weighted by atomic mass is 79.9. The molecular formula is C13H18BrN3O. The Bertz CT molecular complexity index is 424. The zero-order valence-electron chi connectivity index (χ0n) is 10.5. The first-order valence-electron chi connectivity index (χ1n) is 6.33. The van der Waals surface area contributed by atoms with E-state index in [4.69, 9.17) is 0 Å². The van der Waals surface area contributed by atoms with E-state index < -0.39 is 0 Å². The standard InChI is InChI=1S/C13H18BrN3O/c1-2-17-5-3-4-12(9-17)16-13(18)10-6-11(14)8-15-7-10/h6-8,12H,2-5,9H2,1H3,(H,16,18). The highest BCUT2D eigenvalue weighted by Crippen LogP contribution is 2.12. The summed E-state index contributed by atoms with van der Waals surface area (Å²) in [7, 11) is 0. The van der Waals surface area contributed by atoms with Crippen LogP contribution in [-0.2, 0) is 0 Å². The Hall–Kier alpha value is -0.940. The largest absolute Gasteiger partial charge is 0.348 e. The number of nitrogens with zero attached hydrogens (tertiary/aromatic N) is 2. The van der Waals surface area contributed by atoms with E-state index in [2.05, 4.69) is 38.1 Å². The van der Waals surface area contributed by atoms with Crippen LogP contribution in [0.25, 0.3) is 0 Å². The van der Waals surface area contributed by atoms with Gasteiger partial charge in [0.05, 0.1) is 5.56 Å². The van der Waals surface area contributed by atoms with Gasteiger partial charge in [0.1, 0.15) is 0 Å². The smallest absolute Gasteiger partial charge is 0.253 e. The minimum absolute atomic E-state index is 0.0354. The van der Waals surface area contributed by atoms with Gasteiger partial charge in [-0.05, 0) is 47.9 Å². The third-order valence-corrected chi connectivity index (χ3v) is 3.69. The molecular weight excluding hydrogens is 294 g/mol. The third kappa shape index (κ3) is 3.53. The second kappa shape index (κ2) is 6.29. The molecule has 18 heavy (non-hydrogen) atoms. The molecule has 1 aliphatic heterocycles. The monoisotopic (exact) mass is 311 g/mol. The number of hydrogen-bond acceptors (Lipinski definition) is 3. The number of hydrogen-bond donors (Lipinski definition) is 1. The Balaban J connectivity index is 1.95. The van der Waals surface area contributed by atoms with E-state index in [1.54, 1.807) is 18.5 Å². The number of amides is 1. The molecule has 98 valence electrons. The highest BCUT2D eigenvalue weighted by Gasteiger charge is 2.20. The first-order chi connectivity index (χ1) is 8.69. The minimum Gasteiger partial charge on any atom is -0.348 e. The number of aromatic nitrogens is 1. The summed E-state index contributed by atoms with van der Waals surface area (Å²) >= 11 is 3.33. The average molecular weight is 312 g/mol. The number of carbonyl (C=O) groups is 1. The van der Waals surface area contributed by atoms with Crippen LogP contribution < -0.4 is 5.32 Å². The number of nitrogens with one attached hydrogen (secondary N) is 1. The van der Waals surface area contributed by atoms with Crippen molar-refractivity contribution in [2.24, 2.45) is 0 Å². The topological polar surface area (TPSA) is 45.2 Å². The molecule has 1 aromatic rings. The van der Waals surface area contributed by atoms with Crippen LogP contribution in [0.4, 0.5) is 0 Å². The predicted octanol–water partition coefficient (Wildman–Crippen LogP) is 2.06. The van der Waals surface area contributed by atoms with Crippen molar-refractivity contribution in [2.75, 3.05) is 19.6 Å². The predicted molar refractivity (Wildman–Crippen MR) is 74.5 cm³/mol. The van der Waals surface area contributed by atoms with Gasteiger partial charge in [-0.1, -0.05) is 6.92 Å². The summed E-state index contributed by atoms with van der Waals surface area (Å²) in [6, 6.07) is 2.05. The van der Waals surface area contributed by atoms with Crippen LogP contribution in [0.5, 0.6) is 0 Å². The van der Waals surface area contributed by atoms with Crippen molar-refractivity contribution in [3.05, 3.63) is 28.5 Å². The van der Waals surface area contributed by atoms with Crippen LogP contribution in [0.2, 0.25) is 0 Å². The zero-order chi connectivity index (χ0) is 13.0. The summed E-state index contributed by atoms with van der Waals surface area (Å²) < 4.78 is 0.828. The minimum atomic E-state index is -0.0354. The van der Waals surface area contributed by atoms with Crippen LogP contribution >= 0.6 is 15.9 Å². The molecule has 1 aromatic heterocycles. The van der Waals surface area contributed by atoms with E-state index in [1.807, 2.05) is 0 Å². The molecule has 0 aliphatic carbocycles. The molecule has 1 saturated heterocycles. The van der Waals surface area contributed by atoms with E-state index in [0.717, 1.165) is 36.9 Å². The number of likely N-dealkylation sites (tertiary alicyclic amines) is 1. The Morgan fingerprint density at radius 3 is 3.17 bits per heavy atom. The Kier molecular flexibility index (Phi) is 4.72. The molecule has 1 fully saturated rings. The van der Waals surface area contributed by atoms with E-state index in [-0.39, 0.29) is 11.9 Å². The van der Waals surface area contributed by atoms with Crippen LogP contribution in [-0.4, -0.2) is 41.5 Å². The van der Waals surface area contributed by atoms with Crippen molar-refractivity contribution in [1.29, 1.82) is 0 Å². The van der Waals surface area contributed by atoms with E-state index >= 15 is 0 Å². The number of pyridine rings is 1. The number of piperidine rings is 1. The number of carbonyl (C=O) groups excluding carboxylic acids is 1. The molecule has 0 spiro atoms. The molecule has 1 N–H and O–H groups in total. The van der Waals surface area contributed by atoms with Gasteiger partial charge in [-0.2, -0.15) is 0 Å². The molecule has 0 saturated carbocycles. The molecule has 0 aromatic carbocycles. The van der Waals surface area contributed by atoms with Crippen molar-refractivity contribution in [2.45, 2.75) is 25.8 Å². The van der Waals surface area contributed by atoms with Crippen LogP contribution in [0.3, 0.4) is 0 Å². The van der Waals surface area contributed by atoms with Gasteiger partial charge in [-0.3, -0.25) is 9.78 Å². The van der Waals surface area contributed by atoms with Crippen molar-refractivity contribution in [3.63, 3.8) is 0 Å². The summed E-state index contributed by atoms with van der Waals surface area (Å²) in [5, 5.41) is 3.09. The molecule has 0 radical (unpaired) electrons. The Morgan fingerprint density at radius 2 is 2.44 bits per heavy atom. The molecule has 1 atom stereocenters. The van der Waals surface area contributed by atoms with Crippen molar-refractivity contribution in [3.8, 4) is 0 Å². The van der Waals surface area contributed by atoms with E-state index in [0.29, 0.717) is 5.56 Å². The molecule has 1 aliphatic rings. The number of likely N-dealkylation sites (N-methyl/N-ethyl adjacent to an activating group) is 1. The molecule has 2 heterocycles. The maximum atomic E-state index is 12.1. The lowest BCUT2D eigenvalue weighted by Crippen LogP contribution is -2.47. The third-order valence-electron chi connectivity index (χ3n) is 3.26. The fourth-order valence-electron chi connectivity index (χ4n) is 2.27. The molecule has 5 heteroatoms. The second-order valence-electron chi connectivity index (χ2n) is 4.60. The van der Waals surface area contributed by atoms with Crippen molar-refractivity contribution < 1.29 is 4.79 Å². The fourth-order valence-corrected chi connectivity index (χ4v) is 2.63. The maximum absolute atomic E-state index is 12.1. The normalized spacial score (nSPS) is 20.7. The number of rotatable bonds is 3. The maximum Gasteiger partial charge on any atom is 0.253 e. The van der Waals surface area contributed by atoms with Crippen molar-refractivity contribution in [1.82, 2.24) is 15.2 Å². The van der Waals surface area contributed by atoms with Gasteiger partial charge in [-0.25, -0.2) is 0 Å². The zero-order valence-corrected chi connectivity index (χ0v) is 12.1. The van der Waals surface area contributed by atoms with Crippen LogP contribution in [0.1, 0.15) is 30.1 Å². The average Bonchev–Trinajstić information content (AvgIpc) is 2.39. The second-order valence-corrected chi connectivity index (χ2v) is 5.51. The molecule has 1 amide bonds. The quantitative estimate of drug-likeness (QED) is 0.929. The van der Waals surface area contributed by atoms with Gasteiger partial charge in [-0.15, -0.1) is 0 Å². The van der Waals surface area contributed by atoms with Gasteiger partial charge in [0.2, 0.25) is 0 Å². The number of halogens is 1. The lowest BCUT2D eigenvalue weighted by molar-refractivity contribution is 0.0905. The Morgan fingerprint density at radius 1 is 1.61 bits per heavy atom. The molecule has 4 nitrogen and oxygen atoms in total.